The van der Waals surface area contributed by atoms with Gasteiger partial charge in [0.2, 0.25) is 0 Å². The van der Waals surface area contributed by atoms with Crippen molar-refractivity contribution in [2.75, 3.05) is 18.9 Å². The molecule has 5 nitrogen and oxygen atoms in total. The average Bonchev–Trinajstić information content (AvgIpc) is 2.46. The van der Waals surface area contributed by atoms with Gasteiger partial charge in [0.25, 0.3) is 0 Å². The molecule has 2 aromatic rings. The Labute approximate surface area is 121 Å². The number of aromatic nitrogens is 2. The highest BCUT2D eigenvalue weighted by Crippen LogP contribution is 2.40. The fraction of sp³-hybridized carbons (Fsp3) is 0.286. The number of nitrogens with two attached hydrogens (primary N) is 1. The minimum absolute atomic E-state index is 0.442. The molecule has 20 heavy (non-hydrogen) atoms. The first-order valence-electron chi connectivity index (χ1n) is 6.40. The van der Waals surface area contributed by atoms with Crippen molar-refractivity contribution < 1.29 is 9.47 Å². The Hall–Kier alpha value is -2.01. The maximum absolute atomic E-state index is 6.22. The number of hydrogen-bond donors (Lipinski definition) is 1. The van der Waals surface area contributed by atoms with Crippen molar-refractivity contribution >= 4 is 17.4 Å². The van der Waals surface area contributed by atoms with Gasteiger partial charge < -0.3 is 15.2 Å². The summed E-state index contributed by atoms with van der Waals surface area (Å²) in [6.45, 7) is 3.02. The molecule has 0 atom stereocenters. The number of nitrogen functional groups attached to an aromatic ring is 1. The summed E-state index contributed by atoms with van der Waals surface area (Å²) in [7, 11) is 0. The zero-order valence-corrected chi connectivity index (χ0v) is 11.8. The summed E-state index contributed by atoms with van der Waals surface area (Å²) in [6.07, 6.45) is 0.790. The molecule has 1 aliphatic rings. The lowest BCUT2D eigenvalue weighted by Gasteiger charge is -2.20. The Morgan fingerprint density at radius 2 is 2.00 bits per heavy atom. The van der Waals surface area contributed by atoms with Gasteiger partial charge in [-0.25, -0.2) is 9.97 Å². The van der Waals surface area contributed by atoms with Crippen molar-refractivity contribution in [1.82, 2.24) is 9.97 Å². The minimum Gasteiger partial charge on any atom is -0.486 e. The molecule has 2 heterocycles. The maximum atomic E-state index is 6.22. The number of hydrogen-bond acceptors (Lipinski definition) is 5. The number of benzene rings is 1. The zero-order chi connectivity index (χ0) is 14.1. The Morgan fingerprint density at radius 3 is 2.80 bits per heavy atom. The van der Waals surface area contributed by atoms with Crippen LogP contribution >= 0.6 is 11.6 Å². The summed E-state index contributed by atoms with van der Waals surface area (Å²) >= 11 is 6.22. The number of halogens is 1. The average molecular weight is 292 g/mol. The predicted octanol–water partition coefficient (Wildman–Crippen LogP) is 2.71. The Bertz CT molecular complexity index is 661. The van der Waals surface area contributed by atoms with E-state index in [1.165, 1.54) is 0 Å². The molecule has 6 heteroatoms. The normalized spacial score (nSPS) is 13.3. The molecule has 0 radical (unpaired) electrons. The Morgan fingerprint density at radius 1 is 1.20 bits per heavy atom. The van der Waals surface area contributed by atoms with Crippen LogP contribution in [-0.4, -0.2) is 23.2 Å². The first-order valence-corrected chi connectivity index (χ1v) is 6.78. The number of aryl methyl sites for hydroxylation is 1. The molecule has 3 rings (SSSR count). The lowest BCUT2D eigenvalue weighted by molar-refractivity contribution is 0.172. The highest BCUT2D eigenvalue weighted by atomic mass is 35.5. The highest BCUT2D eigenvalue weighted by Gasteiger charge is 2.18. The third kappa shape index (κ3) is 2.36. The number of nitrogens with zero attached hydrogens (tertiary/aromatic N) is 2. The largest absolute Gasteiger partial charge is 0.486 e. The van der Waals surface area contributed by atoms with Gasteiger partial charge in [-0.05, 0) is 18.6 Å². The summed E-state index contributed by atoms with van der Waals surface area (Å²) in [4.78, 5) is 8.72. The standard InChI is InChI=1S/C14H14ClN3O2/c1-2-9-7-12(16)18-14(17-9)8-5-10(15)13-11(6-8)19-3-4-20-13/h5-7H,2-4H2,1H3,(H2,16,17,18). The monoisotopic (exact) mass is 291 g/mol. The van der Waals surface area contributed by atoms with Crippen molar-refractivity contribution in [2.45, 2.75) is 13.3 Å². The van der Waals surface area contributed by atoms with E-state index in [1.54, 1.807) is 12.1 Å². The van der Waals surface area contributed by atoms with E-state index in [9.17, 15) is 0 Å². The van der Waals surface area contributed by atoms with E-state index in [1.807, 2.05) is 13.0 Å². The first-order chi connectivity index (χ1) is 9.67. The summed E-state index contributed by atoms with van der Waals surface area (Å²) in [5.74, 6) is 2.17. The van der Waals surface area contributed by atoms with Crippen LogP contribution < -0.4 is 15.2 Å². The van der Waals surface area contributed by atoms with E-state index >= 15 is 0 Å². The van der Waals surface area contributed by atoms with Crippen LogP contribution in [0.25, 0.3) is 11.4 Å². The summed E-state index contributed by atoms with van der Waals surface area (Å²) < 4.78 is 11.0. The zero-order valence-electron chi connectivity index (χ0n) is 11.0. The Kier molecular flexibility index (Phi) is 3.36. The lowest BCUT2D eigenvalue weighted by atomic mass is 10.1. The van der Waals surface area contributed by atoms with Crippen LogP contribution in [0.2, 0.25) is 5.02 Å². The molecule has 0 fully saturated rings. The van der Waals surface area contributed by atoms with E-state index in [-0.39, 0.29) is 0 Å². The topological polar surface area (TPSA) is 70.3 Å². The van der Waals surface area contributed by atoms with Gasteiger partial charge in [-0.2, -0.15) is 0 Å². The van der Waals surface area contributed by atoms with Crippen molar-refractivity contribution in [2.24, 2.45) is 0 Å². The molecule has 0 unspecified atom stereocenters. The van der Waals surface area contributed by atoms with Crippen molar-refractivity contribution in [1.29, 1.82) is 0 Å². The van der Waals surface area contributed by atoms with Gasteiger partial charge in [0.15, 0.2) is 17.3 Å². The molecule has 1 aromatic carbocycles. The summed E-state index contributed by atoms with van der Waals surface area (Å²) in [6, 6.07) is 5.36. The van der Waals surface area contributed by atoms with Gasteiger partial charge in [0, 0.05) is 17.3 Å². The summed E-state index contributed by atoms with van der Waals surface area (Å²) in [5, 5.41) is 0.487. The number of fused-ring (bicyclic) bond motifs is 1. The van der Waals surface area contributed by atoms with Crippen LogP contribution in [0.4, 0.5) is 5.82 Å². The minimum atomic E-state index is 0.442. The number of ether oxygens (including phenoxy) is 2. The van der Waals surface area contributed by atoms with Gasteiger partial charge in [-0.15, -0.1) is 0 Å². The van der Waals surface area contributed by atoms with Crippen molar-refractivity contribution in [3.8, 4) is 22.9 Å². The van der Waals surface area contributed by atoms with Gasteiger partial charge in [-0.1, -0.05) is 18.5 Å². The van der Waals surface area contributed by atoms with Crippen LogP contribution in [0, 0.1) is 0 Å². The molecule has 0 bridgehead atoms. The van der Waals surface area contributed by atoms with Crippen LogP contribution in [0.3, 0.4) is 0 Å². The van der Waals surface area contributed by atoms with E-state index in [4.69, 9.17) is 26.8 Å². The van der Waals surface area contributed by atoms with E-state index < -0.39 is 0 Å². The highest BCUT2D eigenvalue weighted by molar-refractivity contribution is 6.32. The van der Waals surface area contributed by atoms with E-state index in [2.05, 4.69) is 9.97 Å². The molecular formula is C14H14ClN3O2. The molecule has 2 N–H and O–H groups in total. The second kappa shape index (κ2) is 5.17. The van der Waals surface area contributed by atoms with Crippen LogP contribution in [-0.2, 0) is 6.42 Å². The quantitative estimate of drug-likeness (QED) is 0.921. The molecule has 1 aromatic heterocycles. The van der Waals surface area contributed by atoms with Crippen LogP contribution in [0.15, 0.2) is 18.2 Å². The molecule has 104 valence electrons. The van der Waals surface area contributed by atoms with Crippen molar-refractivity contribution in [3.63, 3.8) is 0 Å². The fourth-order valence-corrected chi connectivity index (χ4v) is 2.33. The maximum Gasteiger partial charge on any atom is 0.179 e. The Balaban J connectivity index is 2.10. The molecule has 0 amide bonds. The third-order valence-corrected chi connectivity index (χ3v) is 3.30. The second-order valence-corrected chi connectivity index (χ2v) is 4.85. The lowest BCUT2D eigenvalue weighted by Crippen LogP contribution is -2.15. The number of anilines is 1. The van der Waals surface area contributed by atoms with Gasteiger partial charge >= 0.3 is 0 Å². The molecular weight excluding hydrogens is 278 g/mol. The predicted molar refractivity (Wildman–Crippen MR) is 77.3 cm³/mol. The smallest absolute Gasteiger partial charge is 0.179 e. The van der Waals surface area contributed by atoms with Gasteiger partial charge in [-0.3, -0.25) is 0 Å². The van der Waals surface area contributed by atoms with E-state index in [0.717, 1.165) is 17.7 Å². The molecule has 0 spiro atoms. The van der Waals surface area contributed by atoms with Crippen LogP contribution in [0.5, 0.6) is 11.5 Å². The second-order valence-electron chi connectivity index (χ2n) is 4.44. The fourth-order valence-electron chi connectivity index (χ4n) is 2.07. The van der Waals surface area contributed by atoms with E-state index in [0.29, 0.717) is 41.4 Å². The van der Waals surface area contributed by atoms with Crippen LogP contribution in [0.1, 0.15) is 12.6 Å². The summed E-state index contributed by atoms with van der Waals surface area (Å²) in [5.41, 5.74) is 7.46. The first kappa shape index (κ1) is 13.0. The molecule has 1 aliphatic heterocycles. The molecule has 0 aliphatic carbocycles. The SMILES string of the molecule is CCc1cc(N)nc(-c2cc(Cl)c3c(c2)OCCO3)n1. The third-order valence-electron chi connectivity index (χ3n) is 3.02. The molecule has 0 saturated heterocycles. The van der Waals surface area contributed by atoms with Gasteiger partial charge in [0.05, 0.1) is 5.02 Å². The number of rotatable bonds is 2. The van der Waals surface area contributed by atoms with Crippen molar-refractivity contribution in [3.05, 3.63) is 28.9 Å². The molecule has 0 saturated carbocycles. The van der Waals surface area contributed by atoms with Gasteiger partial charge in [0.1, 0.15) is 19.0 Å².